The van der Waals surface area contributed by atoms with Crippen LogP contribution in [0.3, 0.4) is 0 Å². The summed E-state index contributed by atoms with van der Waals surface area (Å²) < 4.78 is 28.1. The molecule has 6 rings (SSSR count). The lowest BCUT2D eigenvalue weighted by Crippen LogP contribution is -2.50. The quantitative estimate of drug-likeness (QED) is 0.447. The highest BCUT2D eigenvalue weighted by atomic mass is 19.1. The summed E-state index contributed by atoms with van der Waals surface area (Å²) in [6.45, 7) is 0.555. The lowest BCUT2D eigenvalue weighted by Gasteiger charge is -2.42. The molecule has 2 aliphatic heterocycles. The van der Waals surface area contributed by atoms with Crippen LogP contribution in [0.25, 0.3) is 0 Å². The zero-order valence-corrected chi connectivity index (χ0v) is 21.1. The average molecular weight is 516 g/mol. The van der Waals surface area contributed by atoms with Crippen molar-refractivity contribution in [3.05, 3.63) is 101 Å². The van der Waals surface area contributed by atoms with Gasteiger partial charge in [-0.3, -0.25) is 9.59 Å². The summed E-state index contributed by atoms with van der Waals surface area (Å²) in [6.07, 6.45) is 4.10. The SMILES string of the molecule is O=C(N[C@@H]1CCCC[C@@H]1C(=O)N1CC[C@H]2[C@@H](c3ccc(F)cc3)Nc3ccc(F)cc3[C@H]21)c1ccccc1. The zero-order chi connectivity index (χ0) is 26.2. The van der Waals surface area contributed by atoms with Crippen molar-refractivity contribution in [2.24, 2.45) is 11.8 Å². The molecule has 0 radical (unpaired) electrons. The first-order valence-electron chi connectivity index (χ1n) is 13.5. The van der Waals surface area contributed by atoms with Crippen LogP contribution < -0.4 is 10.6 Å². The van der Waals surface area contributed by atoms with Crippen molar-refractivity contribution in [1.29, 1.82) is 0 Å². The third-order valence-electron chi connectivity index (χ3n) is 8.46. The van der Waals surface area contributed by atoms with Gasteiger partial charge < -0.3 is 15.5 Å². The van der Waals surface area contributed by atoms with Crippen molar-refractivity contribution < 1.29 is 18.4 Å². The molecule has 2 amide bonds. The lowest BCUT2D eigenvalue weighted by molar-refractivity contribution is -0.138. The molecule has 0 unspecified atom stereocenters. The Morgan fingerprint density at radius 2 is 1.61 bits per heavy atom. The molecule has 0 aromatic heterocycles. The van der Waals surface area contributed by atoms with E-state index in [1.54, 1.807) is 30.3 Å². The van der Waals surface area contributed by atoms with Crippen molar-refractivity contribution in [3.63, 3.8) is 0 Å². The van der Waals surface area contributed by atoms with Gasteiger partial charge in [0.05, 0.1) is 18.0 Å². The number of benzene rings is 3. The van der Waals surface area contributed by atoms with Gasteiger partial charge in [-0.2, -0.15) is 0 Å². The molecule has 2 fully saturated rings. The Hall–Kier alpha value is -3.74. The minimum Gasteiger partial charge on any atom is -0.378 e. The first-order valence-corrected chi connectivity index (χ1v) is 13.5. The number of anilines is 1. The van der Waals surface area contributed by atoms with E-state index in [1.165, 1.54) is 24.3 Å². The lowest BCUT2D eigenvalue weighted by atomic mass is 9.79. The average Bonchev–Trinajstić information content (AvgIpc) is 3.39. The largest absolute Gasteiger partial charge is 0.378 e. The Morgan fingerprint density at radius 3 is 2.39 bits per heavy atom. The second-order valence-corrected chi connectivity index (χ2v) is 10.7. The van der Waals surface area contributed by atoms with E-state index in [4.69, 9.17) is 0 Å². The fourth-order valence-corrected chi connectivity index (χ4v) is 6.65. The van der Waals surface area contributed by atoms with Gasteiger partial charge in [0.2, 0.25) is 5.91 Å². The summed E-state index contributed by atoms with van der Waals surface area (Å²) in [4.78, 5) is 29.0. The van der Waals surface area contributed by atoms with E-state index in [0.717, 1.165) is 42.5 Å². The number of halogens is 2. The van der Waals surface area contributed by atoms with E-state index in [1.807, 2.05) is 23.1 Å². The molecule has 0 bridgehead atoms. The van der Waals surface area contributed by atoms with Crippen LogP contribution in [-0.2, 0) is 4.79 Å². The van der Waals surface area contributed by atoms with Gasteiger partial charge in [0.15, 0.2) is 0 Å². The third kappa shape index (κ3) is 4.55. The number of hydrogen-bond acceptors (Lipinski definition) is 3. The molecule has 196 valence electrons. The third-order valence-corrected chi connectivity index (χ3v) is 8.46. The number of fused-ring (bicyclic) bond motifs is 3. The Labute approximate surface area is 221 Å². The molecule has 38 heavy (non-hydrogen) atoms. The number of likely N-dealkylation sites (tertiary alicyclic amines) is 1. The normalized spacial score (nSPS) is 26.2. The highest BCUT2D eigenvalue weighted by Crippen LogP contribution is 2.52. The number of carbonyl (C=O) groups is 2. The maximum atomic E-state index is 14.4. The van der Waals surface area contributed by atoms with Gasteiger partial charge in [-0.1, -0.05) is 43.2 Å². The molecule has 3 aliphatic rings. The van der Waals surface area contributed by atoms with Crippen molar-refractivity contribution in [2.45, 2.75) is 50.2 Å². The number of nitrogens with one attached hydrogen (secondary N) is 2. The second-order valence-electron chi connectivity index (χ2n) is 10.7. The Kier molecular flexibility index (Phi) is 6.60. The van der Waals surface area contributed by atoms with Crippen molar-refractivity contribution in [3.8, 4) is 0 Å². The molecular formula is C31H31F2N3O2. The molecule has 3 aromatic rings. The van der Waals surface area contributed by atoms with Crippen molar-refractivity contribution >= 4 is 17.5 Å². The van der Waals surface area contributed by atoms with E-state index in [-0.39, 0.29) is 53.4 Å². The number of hydrogen-bond donors (Lipinski definition) is 2. The van der Waals surface area contributed by atoms with Crippen LogP contribution in [0.5, 0.6) is 0 Å². The Balaban J connectivity index is 1.30. The van der Waals surface area contributed by atoms with Gasteiger partial charge in [-0.05, 0) is 67.3 Å². The number of amides is 2. The molecule has 1 saturated heterocycles. The van der Waals surface area contributed by atoms with Crippen LogP contribution >= 0.6 is 0 Å². The predicted molar refractivity (Wildman–Crippen MR) is 141 cm³/mol. The van der Waals surface area contributed by atoms with Crippen LogP contribution in [0.4, 0.5) is 14.5 Å². The van der Waals surface area contributed by atoms with E-state index >= 15 is 0 Å². The Bertz CT molecular complexity index is 1330. The van der Waals surface area contributed by atoms with E-state index < -0.39 is 0 Å². The molecule has 0 spiro atoms. The molecule has 5 atom stereocenters. The van der Waals surface area contributed by atoms with Crippen molar-refractivity contribution in [2.75, 3.05) is 11.9 Å². The van der Waals surface area contributed by atoms with Crippen LogP contribution in [-0.4, -0.2) is 29.3 Å². The predicted octanol–water partition coefficient (Wildman–Crippen LogP) is 6.01. The minimum atomic E-state index is -0.338. The van der Waals surface area contributed by atoms with E-state index in [2.05, 4.69) is 10.6 Å². The van der Waals surface area contributed by atoms with Gasteiger partial charge in [-0.15, -0.1) is 0 Å². The van der Waals surface area contributed by atoms with Gasteiger partial charge in [0.1, 0.15) is 11.6 Å². The van der Waals surface area contributed by atoms with Crippen LogP contribution in [0, 0.1) is 23.5 Å². The van der Waals surface area contributed by atoms with Crippen molar-refractivity contribution in [1.82, 2.24) is 10.2 Å². The van der Waals surface area contributed by atoms with Gasteiger partial charge in [0, 0.05) is 35.3 Å². The summed E-state index contributed by atoms with van der Waals surface area (Å²) in [5.74, 6) is -1.10. The van der Waals surface area contributed by atoms with Crippen LogP contribution in [0.2, 0.25) is 0 Å². The highest BCUT2D eigenvalue weighted by molar-refractivity contribution is 5.95. The summed E-state index contributed by atoms with van der Waals surface area (Å²) >= 11 is 0. The fourth-order valence-electron chi connectivity index (χ4n) is 6.65. The molecule has 1 saturated carbocycles. The maximum Gasteiger partial charge on any atom is 0.251 e. The highest BCUT2D eigenvalue weighted by Gasteiger charge is 2.48. The molecule has 3 aromatic carbocycles. The second kappa shape index (κ2) is 10.2. The van der Waals surface area contributed by atoms with E-state index in [0.29, 0.717) is 18.5 Å². The zero-order valence-electron chi connectivity index (χ0n) is 21.1. The first kappa shape index (κ1) is 24.6. The number of carbonyl (C=O) groups excluding carboxylic acids is 2. The van der Waals surface area contributed by atoms with Gasteiger partial charge in [-0.25, -0.2) is 8.78 Å². The molecular weight excluding hydrogens is 484 g/mol. The van der Waals surface area contributed by atoms with Gasteiger partial charge in [0.25, 0.3) is 5.91 Å². The fraction of sp³-hybridized carbons (Fsp3) is 0.355. The summed E-state index contributed by atoms with van der Waals surface area (Å²) in [6, 6.07) is 19.5. The van der Waals surface area contributed by atoms with Crippen LogP contribution in [0.1, 0.15) is 65.7 Å². The maximum absolute atomic E-state index is 14.4. The van der Waals surface area contributed by atoms with Gasteiger partial charge >= 0.3 is 0 Å². The minimum absolute atomic E-state index is 0.0136. The first-order chi connectivity index (χ1) is 18.5. The van der Waals surface area contributed by atoms with E-state index in [9.17, 15) is 18.4 Å². The standard InChI is InChI=1S/C31H31F2N3O2/c32-21-12-10-19(11-13-21)28-24-16-17-36(29(24)25-18-22(33)14-15-27(25)34-28)31(38)23-8-4-5-9-26(23)35-30(37)20-6-2-1-3-7-20/h1-3,6-7,10-15,18,23-24,26,28-29,34H,4-5,8-9,16-17H2,(H,35,37)/t23-,24-,26+,28+,29-/m0/s1. The molecule has 1 aliphatic carbocycles. The summed E-state index contributed by atoms with van der Waals surface area (Å²) in [7, 11) is 0. The molecule has 2 N–H and O–H groups in total. The van der Waals surface area contributed by atoms with Crippen LogP contribution in [0.15, 0.2) is 72.8 Å². The topological polar surface area (TPSA) is 61.4 Å². The summed E-state index contributed by atoms with van der Waals surface area (Å²) in [5, 5.41) is 6.67. The monoisotopic (exact) mass is 515 g/mol. The summed E-state index contributed by atoms with van der Waals surface area (Å²) in [5.41, 5.74) is 3.09. The molecule has 7 heteroatoms. The molecule has 2 heterocycles. The number of nitrogens with zero attached hydrogens (tertiary/aromatic N) is 1. The molecule has 5 nitrogen and oxygen atoms in total. The Morgan fingerprint density at radius 1 is 0.868 bits per heavy atom. The smallest absolute Gasteiger partial charge is 0.251 e. The number of rotatable bonds is 4.